The fraction of sp³-hybridized carbons (Fsp3) is 0.351. The molecule has 15 nitrogen and oxygen atoms in total. The molecule has 7 N–H and O–H groups in total. The number of hydrogen-bond acceptors (Lipinski definition) is 10. The molecular weight excluding hydrogens is 685 g/mol. The Morgan fingerprint density at radius 1 is 0.943 bits per heavy atom. The molecule has 2 aromatic carbocycles. The third kappa shape index (κ3) is 10.8. The Kier molecular flexibility index (Phi) is 14.0. The van der Waals surface area contributed by atoms with Crippen molar-refractivity contribution in [3.05, 3.63) is 84.3 Å². The van der Waals surface area contributed by atoms with Gasteiger partial charge in [-0.3, -0.25) is 19.2 Å². The summed E-state index contributed by atoms with van der Waals surface area (Å²) in [5, 5.41) is 18.1. The summed E-state index contributed by atoms with van der Waals surface area (Å²) >= 11 is 0. The second-order valence-electron chi connectivity index (χ2n) is 12.8. The Morgan fingerprint density at radius 2 is 1.66 bits per heavy atom. The molecule has 0 saturated heterocycles. The van der Waals surface area contributed by atoms with Crippen molar-refractivity contribution >= 4 is 52.2 Å². The first-order valence-corrected chi connectivity index (χ1v) is 17.1. The van der Waals surface area contributed by atoms with Gasteiger partial charge in [-0.1, -0.05) is 40.3 Å². The monoisotopic (exact) mass is 731 g/mol. The normalized spacial score (nSPS) is 12.2. The predicted octanol–water partition coefficient (Wildman–Crippen LogP) is 4.11. The van der Waals surface area contributed by atoms with Gasteiger partial charge in [0.2, 0.25) is 23.5 Å². The van der Waals surface area contributed by atoms with Crippen LogP contribution in [-0.2, 0) is 19.1 Å². The lowest BCUT2D eigenvalue weighted by molar-refractivity contribution is -0.129. The van der Waals surface area contributed by atoms with Crippen LogP contribution in [0.3, 0.4) is 0 Å². The lowest BCUT2D eigenvalue weighted by Crippen LogP contribution is -2.52. The second-order valence-corrected chi connectivity index (χ2v) is 12.8. The number of halogens is 1. The van der Waals surface area contributed by atoms with Gasteiger partial charge >= 0.3 is 0 Å². The zero-order valence-corrected chi connectivity index (χ0v) is 30.4. The molecule has 4 rings (SSSR count). The SMILES string of the molecule is C=CC(=O)Nc1ccc(C(=O)Nc2cccc(Nc3c(F)c(OCCOCCNC(=O)[C@H](C)NC(=O)[C@@H](N)C(C)C)nc4c(C(C)C)cnn34)c2)cc1. The van der Waals surface area contributed by atoms with Crippen LogP contribution >= 0.6 is 0 Å². The number of nitrogens with zero attached hydrogens (tertiary/aromatic N) is 3. The molecule has 0 fully saturated rings. The van der Waals surface area contributed by atoms with E-state index >= 15 is 4.39 Å². The van der Waals surface area contributed by atoms with Crippen molar-refractivity contribution in [2.45, 2.75) is 52.6 Å². The number of carbonyl (C=O) groups excluding carboxylic acids is 4. The number of nitrogens with two attached hydrogens (primary N) is 1. The first-order valence-electron chi connectivity index (χ1n) is 17.1. The highest BCUT2D eigenvalue weighted by Gasteiger charge is 2.23. The van der Waals surface area contributed by atoms with Crippen LogP contribution in [-0.4, -0.2) is 76.7 Å². The van der Waals surface area contributed by atoms with Crippen molar-refractivity contribution in [1.82, 2.24) is 25.2 Å². The van der Waals surface area contributed by atoms with Gasteiger partial charge in [0.15, 0.2) is 11.5 Å². The van der Waals surface area contributed by atoms with Gasteiger partial charge in [-0.15, -0.1) is 0 Å². The Hall–Kier alpha value is -5.87. The molecule has 0 bridgehead atoms. The number of fused-ring (bicyclic) bond motifs is 1. The molecule has 53 heavy (non-hydrogen) atoms. The zero-order valence-electron chi connectivity index (χ0n) is 30.4. The smallest absolute Gasteiger partial charge is 0.256 e. The molecule has 16 heteroatoms. The van der Waals surface area contributed by atoms with E-state index < -0.39 is 23.8 Å². The number of ether oxygens (including phenoxy) is 2. The highest BCUT2D eigenvalue weighted by atomic mass is 19.1. The summed E-state index contributed by atoms with van der Waals surface area (Å²) in [5.74, 6) is -2.67. The lowest BCUT2D eigenvalue weighted by Gasteiger charge is -2.19. The topological polar surface area (TPSA) is 203 Å². The van der Waals surface area contributed by atoms with Crippen LogP contribution in [0.1, 0.15) is 56.5 Å². The van der Waals surface area contributed by atoms with Crippen molar-refractivity contribution in [2.75, 3.05) is 42.3 Å². The molecule has 2 heterocycles. The molecule has 2 aromatic heterocycles. The van der Waals surface area contributed by atoms with E-state index in [0.29, 0.717) is 28.3 Å². The predicted molar refractivity (Wildman–Crippen MR) is 200 cm³/mol. The molecule has 2 atom stereocenters. The molecule has 4 aromatic rings. The standard InChI is InChI=1S/C37H46FN9O6/c1-7-29(48)43-25-13-11-24(12-14-25)35(50)45-27-10-8-9-26(19-27)44-33-30(38)37(46-32-28(21(2)3)20-41-47(32)33)53-18-17-52-16-15-40-34(49)23(6)42-36(51)31(39)22(4)5/h7-14,19-23,31,44H,1,15-18,39H2,2-6H3,(H,40,49)(H,42,51)(H,43,48)(H,45,50)/t23-,31-/m0/s1. The fourth-order valence-corrected chi connectivity index (χ4v) is 4.87. The summed E-state index contributed by atoms with van der Waals surface area (Å²) in [5.41, 5.74) is 8.77. The number of nitrogens with one attached hydrogen (secondary N) is 5. The van der Waals surface area contributed by atoms with Crippen LogP contribution in [0.2, 0.25) is 0 Å². The van der Waals surface area contributed by atoms with E-state index in [1.165, 1.54) is 4.52 Å². The maximum atomic E-state index is 16.0. The minimum atomic E-state index is -0.797. The quantitative estimate of drug-likeness (QED) is 0.0639. The fourth-order valence-electron chi connectivity index (χ4n) is 4.87. The van der Waals surface area contributed by atoms with Crippen molar-refractivity contribution in [3.63, 3.8) is 0 Å². The summed E-state index contributed by atoms with van der Waals surface area (Å²) in [4.78, 5) is 53.4. The van der Waals surface area contributed by atoms with Gasteiger partial charge in [-0.25, -0.2) is 0 Å². The van der Waals surface area contributed by atoms with Gasteiger partial charge in [-0.2, -0.15) is 19.0 Å². The second kappa shape index (κ2) is 18.6. The average Bonchev–Trinajstić information content (AvgIpc) is 3.56. The van der Waals surface area contributed by atoms with Crippen LogP contribution in [0.15, 0.2) is 67.4 Å². The van der Waals surface area contributed by atoms with Crippen molar-refractivity contribution < 1.29 is 33.0 Å². The Morgan fingerprint density at radius 3 is 2.34 bits per heavy atom. The van der Waals surface area contributed by atoms with Crippen LogP contribution in [0, 0.1) is 11.7 Å². The third-order valence-corrected chi connectivity index (χ3v) is 7.98. The summed E-state index contributed by atoms with van der Waals surface area (Å²) in [6.07, 6.45) is 2.77. The number of hydrogen-bond donors (Lipinski definition) is 6. The highest BCUT2D eigenvalue weighted by Crippen LogP contribution is 2.31. The van der Waals surface area contributed by atoms with E-state index in [4.69, 9.17) is 15.2 Å². The van der Waals surface area contributed by atoms with Gasteiger partial charge in [0.05, 0.1) is 25.5 Å². The van der Waals surface area contributed by atoms with Crippen molar-refractivity contribution in [2.24, 2.45) is 11.7 Å². The summed E-state index contributed by atoms with van der Waals surface area (Å²) in [6, 6.07) is 11.6. The number of benzene rings is 2. The summed E-state index contributed by atoms with van der Waals surface area (Å²) in [7, 11) is 0. The Bertz CT molecular complexity index is 1930. The third-order valence-electron chi connectivity index (χ3n) is 7.98. The van der Waals surface area contributed by atoms with Crippen LogP contribution < -0.4 is 37.1 Å². The lowest BCUT2D eigenvalue weighted by atomic mass is 10.0. The van der Waals surface area contributed by atoms with Crippen molar-refractivity contribution in [1.29, 1.82) is 0 Å². The molecule has 4 amide bonds. The van der Waals surface area contributed by atoms with E-state index in [0.717, 1.165) is 11.6 Å². The van der Waals surface area contributed by atoms with E-state index in [1.807, 2.05) is 27.7 Å². The van der Waals surface area contributed by atoms with Crippen LogP contribution in [0.25, 0.3) is 5.65 Å². The molecule has 0 spiro atoms. The van der Waals surface area contributed by atoms with Gasteiger partial charge in [0, 0.05) is 34.7 Å². The first kappa shape index (κ1) is 39.9. The number of anilines is 4. The van der Waals surface area contributed by atoms with Gasteiger partial charge < -0.3 is 41.8 Å². The number of amides is 4. The molecule has 0 aliphatic carbocycles. The molecule has 0 unspecified atom stereocenters. The number of carbonyl (C=O) groups is 4. The van der Waals surface area contributed by atoms with Gasteiger partial charge in [0.1, 0.15) is 12.6 Å². The molecular formula is C37H46FN9O6. The summed E-state index contributed by atoms with van der Waals surface area (Å²) in [6.45, 7) is 12.9. The highest BCUT2D eigenvalue weighted by molar-refractivity contribution is 6.05. The molecule has 0 saturated carbocycles. The van der Waals surface area contributed by atoms with E-state index in [9.17, 15) is 19.2 Å². The van der Waals surface area contributed by atoms with E-state index in [1.54, 1.807) is 61.7 Å². The zero-order chi connectivity index (χ0) is 38.7. The van der Waals surface area contributed by atoms with Gasteiger partial charge in [-0.05, 0) is 67.3 Å². The van der Waals surface area contributed by atoms with E-state index in [-0.39, 0.29) is 67.6 Å². The van der Waals surface area contributed by atoms with Crippen LogP contribution in [0.5, 0.6) is 5.88 Å². The number of aromatic nitrogens is 3. The minimum Gasteiger partial charge on any atom is -0.473 e. The first-order chi connectivity index (χ1) is 25.3. The molecule has 0 radical (unpaired) electrons. The molecule has 0 aliphatic rings. The van der Waals surface area contributed by atoms with Crippen molar-refractivity contribution in [3.8, 4) is 5.88 Å². The average molecular weight is 732 g/mol. The summed E-state index contributed by atoms with van der Waals surface area (Å²) < 4.78 is 28.6. The minimum absolute atomic E-state index is 0.0264. The maximum Gasteiger partial charge on any atom is 0.256 e. The van der Waals surface area contributed by atoms with Crippen LogP contribution in [0.4, 0.5) is 27.3 Å². The van der Waals surface area contributed by atoms with E-state index in [2.05, 4.69) is 43.2 Å². The Balaban J connectivity index is 1.37. The maximum absolute atomic E-state index is 16.0. The Labute approximate surface area is 306 Å². The van der Waals surface area contributed by atoms with Gasteiger partial charge in [0.25, 0.3) is 11.8 Å². The molecule has 0 aliphatic heterocycles. The molecule has 282 valence electrons. The largest absolute Gasteiger partial charge is 0.473 e. The number of rotatable bonds is 18.